The molecule has 0 fully saturated rings. The van der Waals surface area contributed by atoms with Gasteiger partial charge in [-0.25, -0.2) is 9.18 Å². The van der Waals surface area contributed by atoms with Gasteiger partial charge in [0, 0.05) is 6.20 Å². The van der Waals surface area contributed by atoms with Crippen LogP contribution in [0.3, 0.4) is 0 Å². The lowest BCUT2D eigenvalue weighted by Gasteiger charge is -2.09. The summed E-state index contributed by atoms with van der Waals surface area (Å²) >= 11 is 0. The first-order chi connectivity index (χ1) is 8.50. The first kappa shape index (κ1) is 12.0. The summed E-state index contributed by atoms with van der Waals surface area (Å²) in [5.74, 6) is -1.69. The lowest BCUT2D eigenvalue weighted by molar-refractivity contribution is 0.0694. The zero-order valence-electron chi connectivity index (χ0n) is 9.55. The molecule has 92 valence electrons. The van der Waals surface area contributed by atoms with Crippen molar-refractivity contribution >= 4 is 5.97 Å². The first-order valence-electron chi connectivity index (χ1n) is 5.22. The van der Waals surface area contributed by atoms with E-state index in [9.17, 15) is 14.0 Å². The van der Waals surface area contributed by atoms with Crippen molar-refractivity contribution in [1.29, 1.82) is 0 Å². The molecule has 0 saturated heterocycles. The van der Waals surface area contributed by atoms with Crippen LogP contribution in [-0.2, 0) is 0 Å². The molecule has 18 heavy (non-hydrogen) atoms. The second-order valence-corrected chi connectivity index (χ2v) is 3.83. The first-order valence-corrected chi connectivity index (χ1v) is 5.22. The molecule has 0 radical (unpaired) electrons. The van der Waals surface area contributed by atoms with Crippen LogP contribution in [0.4, 0.5) is 4.39 Å². The Balaban J connectivity index is 2.69. The second-order valence-electron chi connectivity index (χ2n) is 3.83. The highest BCUT2D eigenvalue weighted by atomic mass is 19.1. The van der Waals surface area contributed by atoms with Gasteiger partial charge in [0.2, 0.25) is 0 Å². The van der Waals surface area contributed by atoms with Crippen molar-refractivity contribution in [3.63, 3.8) is 0 Å². The molecule has 1 aromatic carbocycles. The molecule has 5 heteroatoms. The molecule has 0 bridgehead atoms. The molecule has 0 amide bonds. The molecule has 1 heterocycles. The van der Waals surface area contributed by atoms with E-state index in [1.54, 1.807) is 6.92 Å². The van der Waals surface area contributed by atoms with Crippen LogP contribution in [0.15, 0.2) is 41.3 Å². The minimum atomic E-state index is -1.28. The van der Waals surface area contributed by atoms with Crippen molar-refractivity contribution in [3.8, 4) is 5.69 Å². The number of nitrogens with zero attached hydrogens (tertiary/aromatic N) is 1. The largest absolute Gasteiger partial charge is 0.477 e. The minimum absolute atomic E-state index is 0.318. The Kier molecular flexibility index (Phi) is 2.97. The van der Waals surface area contributed by atoms with Crippen LogP contribution in [-0.4, -0.2) is 15.6 Å². The van der Waals surface area contributed by atoms with E-state index in [0.29, 0.717) is 11.3 Å². The number of carbonyl (C=O) groups is 1. The number of carboxylic acid groups (broad SMARTS) is 1. The van der Waals surface area contributed by atoms with Crippen molar-refractivity contribution in [2.45, 2.75) is 6.92 Å². The molecule has 0 aliphatic rings. The molecule has 2 rings (SSSR count). The Labute approximate surface area is 102 Å². The van der Waals surface area contributed by atoms with Crippen LogP contribution in [0.1, 0.15) is 15.9 Å². The Bertz CT molecular complexity index is 676. The molecule has 0 atom stereocenters. The quantitative estimate of drug-likeness (QED) is 0.882. The van der Waals surface area contributed by atoms with Gasteiger partial charge in [-0.1, -0.05) is 0 Å². The Morgan fingerprint density at radius 1 is 1.33 bits per heavy atom. The lowest BCUT2D eigenvalue weighted by atomic mass is 10.2. The maximum atomic E-state index is 13.0. The SMILES string of the molecule is Cc1cc(F)ccc1-n1cccc(C(=O)O)c1=O. The third-order valence-corrected chi connectivity index (χ3v) is 2.60. The van der Waals surface area contributed by atoms with Crippen LogP contribution in [0.5, 0.6) is 0 Å². The molecule has 0 aliphatic heterocycles. The molecular weight excluding hydrogens is 237 g/mol. The number of aromatic nitrogens is 1. The summed E-state index contributed by atoms with van der Waals surface area (Å²) < 4.78 is 14.2. The number of rotatable bonds is 2. The number of hydrogen-bond acceptors (Lipinski definition) is 2. The van der Waals surface area contributed by atoms with E-state index in [4.69, 9.17) is 5.11 Å². The zero-order chi connectivity index (χ0) is 13.3. The van der Waals surface area contributed by atoms with Gasteiger partial charge in [0.1, 0.15) is 11.4 Å². The fourth-order valence-corrected chi connectivity index (χ4v) is 1.74. The molecule has 2 aromatic rings. The summed E-state index contributed by atoms with van der Waals surface area (Å²) in [7, 11) is 0. The van der Waals surface area contributed by atoms with E-state index < -0.39 is 17.3 Å². The molecule has 0 saturated carbocycles. The second kappa shape index (κ2) is 4.44. The molecule has 0 unspecified atom stereocenters. The van der Waals surface area contributed by atoms with E-state index >= 15 is 0 Å². The fourth-order valence-electron chi connectivity index (χ4n) is 1.74. The van der Waals surface area contributed by atoms with Crippen molar-refractivity contribution in [1.82, 2.24) is 4.57 Å². The topological polar surface area (TPSA) is 59.3 Å². The predicted molar refractivity (Wildman–Crippen MR) is 63.7 cm³/mol. The van der Waals surface area contributed by atoms with Gasteiger partial charge in [-0.15, -0.1) is 0 Å². The molecule has 0 spiro atoms. The van der Waals surface area contributed by atoms with E-state index in [-0.39, 0.29) is 5.56 Å². The summed E-state index contributed by atoms with van der Waals surface area (Å²) in [6.07, 6.45) is 1.45. The predicted octanol–water partition coefficient (Wildman–Crippen LogP) is 1.98. The normalized spacial score (nSPS) is 10.3. The van der Waals surface area contributed by atoms with E-state index in [1.165, 1.54) is 41.1 Å². The summed E-state index contributed by atoms with van der Waals surface area (Å²) in [6, 6.07) is 6.66. The number of benzene rings is 1. The van der Waals surface area contributed by atoms with Crippen molar-refractivity contribution < 1.29 is 14.3 Å². The monoisotopic (exact) mass is 247 g/mol. The summed E-state index contributed by atoms with van der Waals surface area (Å²) in [5.41, 5.74) is 0.0603. The maximum absolute atomic E-state index is 13.0. The van der Waals surface area contributed by atoms with Crippen LogP contribution >= 0.6 is 0 Å². The van der Waals surface area contributed by atoms with Gasteiger partial charge in [-0.3, -0.25) is 9.36 Å². The third kappa shape index (κ3) is 2.02. The Morgan fingerprint density at radius 2 is 2.06 bits per heavy atom. The molecule has 1 N–H and O–H groups in total. The highest BCUT2D eigenvalue weighted by Crippen LogP contribution is 2.13. The molecular formula is C13H10FNO3. The van der Waals surface area contributed by atoms with Gasteiger partial charge in [0.15, 0.2) is 0 Å². The van der Waals surface area contributed by atoms with Gasteiger partial charge in [-0.2, -0.15) is 0 Å². The number of halogens is 1. The summed E-state index contributed by atoms with van der Waals surface area (Å²) in [5, 5.41) is 8.88. The average Bonchev–Trinajstić information content (AvgIpc) is 2.30. The molecule has 1 aromatic heterocycles. The number of pyridine rings is 1. The van der Waals surface area contributed by atoms with E-state index in [2.05, 4.69) is 0 Å². The summed E-state index contributed by atoms with van der Waals surface area (Å²) in [6.45, 7) is 1.65. The van der Waals surface area contributed by atoms with Crippen LogP contribution in [0.25, 0.3) is 5.69 Å². The number of carboxylic acids is 1. The van der Waals surface area contributed by atoms with Gasteiger partial charge in [-0.05, 0) is 42.8 Å². The van der Waals surface area contributed by atoms with Crippen molar-refractivity contribution in [3.05, 3.63) is 63.8 Å². The molecule has 0 aliphatic carbocycles. The standard InChI is InChI=1S/C13H10FNO3/c1-8-7-9(14)4-5-11(8)15-6-2-3-10(12(15)16)13(17)18/h2-7H,1H3,(H,17,18). The number of hydrogen-bond donors (Lipinski definition) is 1. The molecule has 4 nitrogen and oxygen atoms in total. The van der Waals surface area contributed by atoms with Gasteiger partial charge in [0.05, 0.1) is 5.69 Å². The van der Waals surface area contributed by atoms with Gasteiger partial charge >= 0.3 is 5.97 Å². The fraction of sp³-hybridized carbons (Fsp3) is 0.0769. The van der Waals surface area contributed by atoms with Crippen LogP contribution in [0.2, 0.25) is 0 Å². The van der Waals surface area contributed by atoms with Crippen molar-refractivity contribution in [2.24, 2.45) is 0 Å². The van der Waals surface area contributed by atoms with E-state index in [0.717, 1.165) is 0 Å². The van der Waals surface area contributed by atoms with Gasteiger partial charge in [0.25, 0.3) is 5.56 Å². The smallest absolute Gasteiger partial charge is 0.341 e. The average molecular weight is 247 g/mol. The lowest BCUT2D eigenvalue weighted by Crippen LogP contribution is -2.24. The highest BCUT2D eigenvalue weighted by molar-refractivity contribution is 5.87. The Morgan fingerprint density at radius 3 is 2.67 bits per heavy atom. The summed E-state index contributed by atoms with van der Waals surface area (Å²) in [4.78, 5) is 22.8. The van der Waals surface area contributed by atoms with Crippen molar-refractivity contribution in [2.75, 3.05) is 0 Å². The van der Waals surface area contributed by atoms with E-state index in [1.807, 2.05) is 0 Å². The van der Waals surface area contributed by atoms with Gasteiger partial charge < -0.3 is 5.11 Å². The number of aromatic carboxylic acids is 1. The maximum Gasteiger partial charge on any atom is 0.341 e. The number of aryl methyl sites for hydroxylation is 1. The highest BCUT2D eigenvalue weighted by Gasteiger charge is 2.12. The zero-order valence-corrected chi connectivity index (χ0v) is 9.55. The van der Waals surface area contributed by atoms with Crippen LogP contribution in [0, 0.1) is 12.7 Å². The van der Waals surface area contributed by atoms with Crippen LogP contribution < -0.4 is 5.56 Å². The minimum Gasteiger partial charge on any atom is -0.477 e. The third-order valence-electron chi connectivity index (χ3n) is 2.60. The Hall–Kier alpha value is -2.43.